The van der Waals surface area contributed by atoms with Crippen LogP contribution in [0.25, 0.3) is 0 Å². The molecule has 0 aliphatic heterocycles. The average Bonchev–Trinajstić information content (AvgIpc) is 2.74. The summed E-state index contributed by atoms with van der Waals surface area (Å²) in [5.74, 6) is 0.851. The standard InChI is InChI=1S/C14H27N3/c1-4-6-7-13(5-2)10-15-9-8-14-11-16-17(3)12-14/h11-13,15H,4-10H2,1-3H3. The minimum Gasteiger partial charge on any atom is -0.316 e. The van der Waals surface area contributed by atoms with Gasteiger partial charge in [0.05, 0.1) is 6.20 Å². The molecule has 98 valence electrons. The highest BCUT2D eigenvalue weighted by Crippen LogP contribution is 2.11. The Morgan fingerprint density at radius 2 is 2.24 bits per heavy atom. The molecule has 3 heteroatoms. The molecule has 1 heterocycles. The molecule has 0 spiro atoms. The number of aryl methyl sites for hydroxylation is 1. The van der Waals surface area contributed by atoms with Gasteiger partial charge in [-0.25, -0.2) is 0 Å². The second kappa shape index (κ2) is 8.29. The zero-order valence-corrected chi connectivity index (χ0v) is 11.6. The lowest BCUT2D eigenvalue weighted by Crippen LogP contribution is -2.24. The molecular weight excluding hydrogens is 210 g/mol. The third-order valence-electron chi connectivity index (χ3n) is 3.33. The molecule has 1 rings (SSSR count). The van der Waals surface area contributed by atoms with Crippen LogP contribution in [0.2, 0.25) is 0 Å². The number of hydrogen-bond donors (Lipinski definition) is 1. The van der Waals surface area contributed by atoms with Crippen molar-refractivity contribution in [2.24, 2.45) is 13.0 Å². The van der Waals surface area contributed by atoms with Crippen molar-refractivity contribution in [1.82, 2.24) is 15.1 Å². The highest BCUT2D eigenvalue weighted by atomic mass is 15.2. The van der Waals surface area contributed by atoms with Crippen molar-refractivity contribution >= 4 is 0 Å². The second-order valence-corrected chi connectivity index (χ2v) is 4.89. The van der Waals surface area contributed by atoms with E-state index in [-0.39, 0.29) is 0 Å². The molecule has 0 radical (unpaired) electrons. The summed E-state index contributed by atoms with van der Waals surface area (Å²) >= 11 is 0. The van der Waals surface area contributed by atoms with Gasteiger partial charge in [0.1, 0.15) is 0 Å². The zero-order chi connectivity index (χ0) is 12.5. The quantitative estimate of drug-likeness (QED) is 0.669. The van der Waals surface area contributed by atoms with Crippen molar-refractivity contribution in [1.29, 1.82) is 0 Å². The highest BCUT2D eigenvalue weighted by molar-refractivity contribution is 5.03. The van der Waals surface area contributed by atoms with E-state index in [4.69, 9.17) is 0 Å². The Balaban J connectivity index is 2.09. The van der Waals surface area contributed by atoms with Crippen molar-refractivity contribution < 1.29 is 0 Å². The van der Waals surface area contributed by atoms with Crippen LogP contribution in [0.1, 0.15) is 45.1 Å². The molecule has 1 atom stereocenters. The van der Waals surface area contributed by atoms with E-state index < -0.39 is 0 Å². The van der Waals surface area contributed by atoms with Gasteiger partial charge >= 0.3 is 0 Å². The van der Waals surface area contributed by atoms with Crippen molar-refractivity contribution in [2.45, 2.75) is 46.0 Å². The monoisotopic (exact) mass is 237 g/mol. The van der Waals surface area contributed by atoms with E-state index in [0.717, 1.165) is 25.4 Å². The first-order valence-electron chi connectivity index (χ1n) is 6.94. The van der Waals surface area contributed by atoms with Crippen LogP contribution in [0, 0.1) is 5.92 Å². The Morgan fingerprint density at radius 1 is 1.41 bits per heavy atom. The van der Waals surface area contributed by atoms with E-state index in [0.29, 0.717) is 0 Å². The molecule has 1 aromatic rings. The van der Waals surface area contributed by atoms with Gasteiger partial charge in [-0.3, -0.25) is 4.68 Å². The molecule has 0 amide bonds. The van der Waals surface area contributed by atoms with Crippen LogP contribution >= 0.6 is 0 Å². The third kappa shape index (κ3) is 5.87. The van der Waals surface area contributed by atoms with Gasteiger partial charge in [-0.1, -0.05) is 33.1 Å². The molecule has 1 aromatic heterocycles. The molecule has 0 bridgehead atoms. The molecule has 0 saturated heterocycles. The largest absolute Gasteiger partial charge is 0.316 e. The van der Waals surface area contributed by atoms with Gasteiger partial charge in [0.25, 0.3) is 0 Å². The van der Waals surface area contributed by atoms with E-state index in [9.17, 15) is 0 Å². The fraction of sp³-hybridized carbons (Fsp3) is 0.786. The first-order chi connectivity index (χ1) is 8.26. The van der Waals surface area contributed by atoms with Gasteiger partial charge in [-0.2, -0.15) is 5.10 Å². The Kier molecular flexibility index (Phi) is 6.94. The zero-order valence-electron chi connectivity index (χ0n) is 11.6. The molecule has 0 aliphatic rings. The predicted molar refractivity (Wildman–Crippen MR) is 73.1 cm³/mol. The van der Waals surface area contributed by atoms with Gasteiger partial charge in [0, 0.05) is 13.2 Å². The number of nitrogens with zero attached hydrogens (tertiary/aromatic N) is 2. The molecule has 0 aromatic carbocycles. The maximum Gasteiger partial charge on any atom is 0.0522 e. The van der Waals surface area contributed by atoms with Gasteiger partial charge in [0.15, 0.2) is 0 Å². The molecule has 1 unspecified atom stereocenters. The van der Waals surface area contributed by atoms with E-state index in [1.807, 2.05) is 17.9 Å². The lowest BCUT2D eigenvalue weighted by atomic mass is 9.99. The number of hydrogen-bond acceptors (Lipinski definition) is 2. The summed E-state index contributed by atoms with van der Waals surface area (Å²) in [6.07, 6.45) is 10.5. The molecular formula is C14H27N3. The fourth-order valence-corrected chi connectivity index (χ4v) is 2.08. The lowest BCUT2D eigenvalue weighted by molar-refractivity contribution is 0.421. The smallest absolute Gasteiger partial charge is 0.0522 e. The topological polar surface area (TPSA) is 29.9 Å². The van der Waals surface area contributed by atoms with Crippen LogP contribution in [-0.2, 0) is 13.5 Å². The normalized spacial score (nSPS) is 12.9. The van der Waals surface area contributed by atoms with Crippen LogP contribution < -0.4 is 5.32 Å². The van der Waals surface area contributed by atoms with Crippen molar-refractivity contribution in [3.63, 3.8) is 0 Å². The summed E-state index contributed by atoms with van der Waals surface area (Å²) in [6, 6.07) is 0. The first kappa shape index (κ1) is 14.2. The number of nitrogens with one attached hydrogen (secondary N) is 1. The highest BCUT2D eigenvalue weighted by Gasteiger charge is 2.04. The number of rotatable bonds is 9. The van der Waals surface area contributed by atoms with E-state index in [1.165, 1.54) is 31.2 Å². The van der Waals surface area contributed by atoms with Crippen LogP contribution in [0.3, 0.4) is 0 Å². The average molecular weight is 237 g/mol. The van der Waals surface area contributed by atoms with Gasteiger partial charge < -0.3 is 5.32 Å². The van der Waals surface area contributed by atoms with Crippen LogP contribution in [0.5, 0.6) is 0 Å². The van der Waals surface area contributed by atoms with E-state index >= 15 is 0 Å². The van der Waals surface area contributed by atoms with Crippen molar-refractivity contribution in [3.05, 3.63) is 18.0 Å². The summed E-state index contributed by atoms with van der Waals surface area (Å²) in [5, 5.41) is 7.74. The van der Waals surface area contributed by atoms with Gasteiger partial charge in [0.2, 0.25) is 0 Å². The minimum absolute atomic E-state index is 0.851. The third-order valence-corrected chi connectivity index (χ3v) is 3.33. The first-order valence-corrected chi connectivity index (χ1v) is 6.94. The lowest BCUT2D eigenvalue weighted by Gasteiger charge is -2.14. The molecule has 3 nitrogen and oxygen atoms in total. The summed E-state index contributed by atoms with van der Waals surface area (Å²) in [7, 11) is 1.97. The van der Waals surface area contributed by atoms with Crippen molar-refractivity contribution in [3.8, 4) is 0 Å². The van der Waals surface area contributed by atoms with E-state index in [1.54, 1.807) is 0 Å². The Labute approximate surface area is 106 Å². The Morgan fingerprint density at radius 3 is 2.82 bits per heavy atom. The van der Waals surface area contributed by atoms with Crippen LogP contribution in [-0.4, -0.2) is 22.9 Å². The summed E-state index contributed by atoms with van der Waals surface area (Å²) < 4.78 is 1.87. The van der Waals surface area contributed by atoms with Crippen LogP contribution in [0.15, 0.2) is 12.4 Å². The molecule has 1 N–H and O–H groups in total. The summed E-state index contributed by atoms with van der Waals surface area (Å²) in [5.41, 5.74) is 1.32. The Hall–Kier alpha value is -0.830. The van der Waals surface area contributed by atoms with Crippen LogP contribution in [0.4, 0.5) is 0 Å². The summed E-state index contributed by atoms with van der Waals surface area (Å²) in [4.78, 5) is 0. The maximum atomic E-state index is 4.18. The predicted octanol–water partition coefficient (Wildman–Crippen LogP) is 2.77. The molecule has 0 aliphatic carbocycles. The van der Waals surface area contributed by atoms with Crippen molar-refractivity contribution in [2.75, 3.05) is 13.1 Å². The molecule has 0 fully saturated rings. The maximum absolute atomic E-state index is 4.18. The van der Waals surface area contributed by atoms with Gasteiger partial charge in [-0.15, -0.1) is 0 Å². The number of aromatic nitrogens is 2. The molecule has 0 saturated carbocycles. The Bertz CT molecular complexity index is 293. The SMILES string of the molecule is CCCCC(CC)CNCCc1cnn(C)c1. The number of unbranched alkanes of at least 4 members (excludes halogenated alkanes) is 1. The second-order valence-electron chi connectivity index (χ2n) is 4.89. The minimum atomic E-state index is 0.851. The van der Waals surface area contributed by atoms with Gasteiger partial charge in [-0.05, 0) is 37.4 Å². The fourth-order valence-electron chi connectivity index (χ4n) is 2.08. The summed E-state index contributed by atoms with van der Waals surface area (Å²) in [6.45, 7) is 6.79. The van der Waals surface area contributed by atoms with E-state index in [2.05, 4.69) is 30.5 Å². The molecule has 17 heavy (non-hydrogen) atoms.